The highest BCUT2D eigenvalue weighted by Crippen LogP contribution is 2.20. The van der Waals surface area contributed by atoms with E-state index in [2.05, 4.69) is 21.2 Å². The van der Waals surface area contributed by atoms with Crippen LogP contribution < -0.4 is 16.1 Å². The lowest BCUT2D eigenvalue weighted by molar-refractivity contribution is -0.136. The molecule has 3 amide bonds. The van der Waals surface area contributed by atoms with Crippen LogP contribution in [-0.2, 0) is 9.59 Å². The molecule has 156 valence electrons. The molecule has 2 aromatic carbocycles. The van der Waals surface area contributed by atoms with E-state index in [-0.39, 0.29) is 17.6 Å². The Morgan fingerprint density at radius 2 is 1.73 bits per heavy atom. The summed E-state index contributed by atoms with van der Waals surface area (Å²) >= 11 is 5.88. The summed E-state index contributed by atoms with van der Waals surface area (Å²) in [5.41, 5.74) is 3.41. The first-order valence-electron chi connectivity index (χ1n) is 9.83. The lowest BCUT2D eigenvalue weighted by atomic mass is 9.95. The molecule has 1 saturated carbocycles. The minimum absolute atomic E-state index is 0.138. The van der Waals surface area contributed by atoms with Gasteiger partial charge in [-0.2, -0.15) is 5.10 Å². The third-order valence-corrected chi connectivity index (χ3v) is 5.03. The lowest BCUT2D eigenvalue weighted by Crippen LogP contribution is -2.37. The SMILES string of the molecule is O=C(NN=Cc1cccc(Cl)c1)C(=O)Nc1ccccc1C(=O)NC1CCCCC1. The summed E-state index contributed by atoms with van der Waals surface area (Å²) in [4.78, 5) is 36.9. The van der Waals surface area contributed by atoms with Crippen LogP contribution in [0.15, 0.2) is 53.6 Å². The molecule has 0 atom stereocenters. The highest BCUT2D eigenvalue weighted by atomic mass is 35.5. The van der Waals surface area contributed by atoms with Crippen LogP contribution in [0.25, 0.3) is 0 Å². The van der Waals surface area contributed by atoms with Crippen LogP contribution in [0.4, 0.5) is 5.69 Å². The first-order valence-corrected chi connectivity index (χ1v) is 10.2. The summed E-state index contributed by atoms with van der Waals surface area (Å²) in [5, 5.41) is 9.78. The molecule has 1 fully saturated rings. The van der Waals surface area contributed by atoms with Crippen molar-refractivity contribution in [2.24, 2.45) is 5.10 Å². The number of anilines is 1. The average molecular weight is 427 g/mol. The summed E-state index contributed by atoms with van der Waals surface area (Å²) in [6, 6.07) is 13.6. The van der Waals surface area contributed by atoms with Crippen LogP contribution in [0.2, 0.25) is 5.02 Å². The normalized spacial score (nSPS) is 14.3. The van der Waals surface area contributed by atoms with Gasteiger partial charge in [-0.15, -0.1) is 0 Å². The van der Waals surface area contributed by atoms with Crippen LogP contribution in [0.5, 0.6) is 0 Å². The van der Waals surface area contributed by atoms with Crippen molar-refractivity contribution >= 4 is 41.2 Å². The van der Waals surface area contributed by atoms with Gasteiger partial charge in [0.1, 0.15) is 0 Å². The number of carbonyl (C=O) groups is 3. The Kier molecular flexibility index (Phi) is 7.57. The molecule has 1 aliphatic carbocycles. The molecule has 0 aliphatic heterocycles. The van der Waals surface area contributed by atoms with Gasteiger partial charge >= 0.3 is 11.8 Å². The lowest BCUT2D eigenvalue weighted by Gasteiger charge is -2.23. The van der Waals surface area contributed by atoms with Gasteiger partial charge in [0.25, 0.3) is 5.91 Å². The summed E-state index contributed by atoms with van der Waals surface area (Å²) in [6.45, 7) is 0. The molecule has 0 bridgehead atoms. The molecule has 0 spiro atoms. The van der Waals surface area contributed by atoms with E-state index in [1.807, 2.05) is 0 Å². The van der Waals surface area contributed by atoms with Crippen molar-refractivity contribution in [1.82, 2.24) is 10.7 Å². The highest BCUT2D eigenvalue weighted by molar-refractivity contribution is 6.40. The number of para-hydroxylation sites is 1. The third kappa shape index (κ3) is 6.15. The van der Waals surface area contributed by atoms with Gasteiger partial charge in [-0.05, 0) is 42.7 Å². The number of benzene rings is 2. The Hall–Kier alpha value is -3.19. The van der Waals surface area contributed by atoms with E-state index in [1.54, 1.807) is 48.5 Å². The van der Waals surface area contributed by atoms with Crippen molar-refractivity contribution in [3.05, 3.63) is 64.7 Å². The van der Waals surface area contributed by atoms with Crippen LogP contribution in [0.3, 0.4) is 0 Å². The van der Waals surface area contributed by atoms with E-state index in [9.17, 15) is 14.4 Å². The summed E-state index contributed by atoms with van der Waals surface area (Å²) in [6.07, 6.45) is 6.66. The predicted molar refractivity (Wildman–Crippen MR) is 117 cm³/mol. The Bertz CT molecular complexity index is 955. The highest BCUT2D eigenvalue weighted by Gasteiger charge is 2.20. The number of nitrogens with one attached hydrogen (secondary N) is 3. The molecule has 0 saturated heterocycles. The molecular weight excluding hydrogens is 404 g/mol. The van der Waals surface area contributed by atoms with Crippen LogP contribution in [0.1, 0.15) is 48.0 Å². The van der Waals surface area contributed by atoms with E-state index in [0.29, 0.717) is 16.1 Å². The van der Waals surface area contributed by atoms with E-state index in [1.165, 1.54) is 12.6 Å². The minimum atomic E-state index is -0.948. The Morgan fingerprint density at radius 1 is 0.967 bits per heavy atom. The van der Waals surface area contributed by atoms with Crippen LogP contribution >= 0.6 is 11.6 Å². The number of amides is 3. The zero-order chi connectivity index (χ0) is 21.3. The Balaban J connectivity index is 1.59. The third-order valence-electron chi connectivity index (χ3n) is 4.79. The summed E-state index contributed by atoms with van der Waals surface area (Å²) in [7, 11) is 0. The number of nitrogens with zero attached hydrogens (tertiary/aromatic N) is 1. The number of rotatable bonds is 5. The van der Waals surface area contributed by atoms with E-state index in [0.717, 1.165) is 25.7 Å². The molecule has 0 heterocycles. The number of hydrazone groups is 1. The van der Waals surface area contributed by atoms with Gasteiger partial charge in [0.05, 0.1) is 17.5 Å². The quantitative estimate of drug-likeness (QED) is 0.387. The number of halogens is 1. The largest absolute Gasteiger partial charge is 0.349 e. The fourth-order valence-electron chi connectivity index (χ4n) is 3.28. The summed E-state index contributed by atoms with van der Waals surface area (Å²) in [5.74, 6) is -2.14. The molecular formula is C22H23ClN4O3. The van der Waals surface area contributed by atoms with Gasteiger partial charge in [0.2, 0.25) is 0 Å². The van der Waals surface area contributed by atoms with Crippen molar-refractivity contribution in [2.75, 3.05) is 5.32 Å². The van der Waals surface area contributed by atoms with Crippen molar-refractivity contribution in [3.63, 3.8) is 0 Å². The maximum Gasteiger partial charge on any atom is 0.329 e. The zero-order valence-corrected chi connectivity index (χ0v) is 17.1. The fourth-order valence-corrected chi connectivity index (χ4v) is 3.48. The van der Waals surface area contributed by atoms with Gasteiger partial charge in [-0.1, -0.05) is 55.1 Å². The smallest absolute Gasteiger partial charge is 0.329 e. The van der Waals surface area contributed by atoms with Crippen LogP contribution in [-0.4, -0.2) is 30.0 Å². The molecule has 0 aromatic heterocycles. The van der Waals surface area contributed by atoms with E-state index in [4.69, 9.17) is 11.6 Å². The molecule has 3 rings (SSSR count). The molecule has 8 heteroatoms. The van der Waals surface area contributed by atoms with Gasteiger partial charge in [0, 0.05) is 11.1 Å². The maximum absolute atomic E-state index is 12.6. The standard InChI is InChI=1S/C22H23ClN4O3/c23-16-8-6-7-15(13-16)14-24-27-22(30)21(29)26-19-12-5-4-11-18(19)20(28)25-17-9-2-1-3-10-17/h4-8,11-14,17H,1-3,9-10H2,(H,25,28)(H,26,29)(H,27,30). The predicted octanol–water partition coefficient (Wildman–Crippen LogP) is 3.49. The first-order chi connectivity index (χ1) is 14.5. The Morgan fingerprint density at radius 3 is 2.50 bits per heavy atom. The number of carbonyl (C=O) groups excluding carboxylic acids is 3. The van der Waals surface area contributed by atoms with Crippen molar-refractivity contribution in [3.8, 4) is 0 Å². The maximum atomic E-state index is 12.6. The molecule has 2 aromatic rings. The second-order valence-electron chi connectivity index (χ2n) is 7.06. The van der Waals surface area contributed by atoms with Gasteiger partial charge < -0.3 is 10.6 Å². The van der Waals surface area contributed by atoms with Gasteiger partial charge in [-0.3, -0.25) is 14.4 Å². The van der Waals surface area contributed by atoms with Gasteiger partial charge in [-0.25, -0.2) is 5.43 Å². The fraction of sp³-hybridized carbons (Fsp3) is 0.273. The molecule has 1 aliphatic rings. The van der Waals surface area contributed by atoms with Gasteiger partial charge in [0.15, 0.2) is 0 Å². The molecule has 30 heavy (non-hydrogen) atoms. The zero-order valence-electron chi connectivity index (χ0n) is 16.4. The molecule has 0 radical (unpaired) electrons. The number of hydrogen-bond acceptors (Lipinski definition) is 4. The summed E-state index contributed by atoms with van der Waals surface area (Å²) < 4.78 is 0. The van der Waals surface area contributed by atoms with E-state index >= 15 is 0 Å². The van der Waals surface area contributed by atoms with Crippen LogP contribution in [0, 0.1) is 0 Å². The second kappa shape index (κ2) is 10.5. The molecule has 3 N–H and O–H groups in total. The minimum Gasteiger partial charge on any atom is -0.349 e. The first kappa shape index (κ1) is 21.5. The topological polar surface area (TPSA) is 99.7 Å². The molecule has 7 nitrogen and oxygen atoms in total. The van der Waals surface area contributed by atoms with Crippen molar-refractivity contribution < 1.29 is 14.4 Å². The molecule has 0 unspecified atom stereocenters. The second-order valence-corrected chi connectivity index (χ2v) is 7.50. The monoisotopic (exact) mass is 426 g/mol. The van der Waals surface area contributed by atoms with Crippen molar-refractivity contribution in [2.45, 2.75) is 38.1 Å². The Labute approximate surface area is 179 Å². The van der Waals surface area contributed by atoms with Crippen molar-refractivity contribution in [1.29, 1.82) is 0 Å². The van der Waals surface area contributed by atoms with E-state index < -0.39 is 11.8 Å². The number of hydrogen-bond donors (Lipinski definition) is 3. The average Bonchev–Trinajstić information content (AvgIpc) is 2.74.